The number of methoxy groups -OCH3 is 1. The van der Waals surface area contributed by atoms with Crippen LogP contribution in [0.2, 0.25) is 5.02 Å². The maximum absolute atomic E-state index is 13.0. The van der Waals surface area contributed by atoms with Crippen molar-refractivity contribution in [3.05, 3.63) is 56.2 Å². The van der Waals surface area contributed by atoms with Crippen LogP contribution in [0.5, 0.6) is 5.75 Å². The molecule has 3 rings (SSSR count). The first-order valence-corrected chi connectivity index (χ1v) is 10.8. The third-order valence-corrected chi connectivity index (χ3v) is 6.49. The van der Waals surface area contributed by atoms with Gasteiger partial charge in [0.05, 0.1) is 23.7 Å². The number of ether oxygens (including phenoxy) is 1. The first kappa shape index (κ1) is 22.3. The molecule has 1 aromatic carbocycles. The van der Waals surface area contributed by atoms with Crippen molar-refractivity contribution in [1.82, 2.24) is 9.80 Å². The average Bonchev–Trinajstić information content (AvgIpc) is 3.23. The van der Waals surface area contributed by atoms with Gasteiger partial charge in [-0.15, -0.1) is 11.3 Å². The van der Waals surface area contributed by atoms with E-state index in [1.54, 1.807) is 17.0 Å². The molecule has 1 unspecified atom stereocenters. The fraction of sp³-hybridized carbons (Fsp3) is 0.364. The van der Waals surface area contributed by atoms with E-state index in [4.69, 9.17) is 16.3 Å². The largest absolute Gasteiger partial charge is 0.507 e. The fourth-order valence-electron chi connectivity index (χ4n) is 3.57. The molecule has 0 spiro atoms. The quantitative estimate of drug-likeness (QED) is 0.392. The van der Waals surface area contributed by atoms with Crippen LogP contribution in [0, 0.1) is 6.92 Å². The molecule has 1 fully saturated rings. The Morgan fingerprint density at radius 3 is 2.60 bits per heavy atom. The minimum Gasteiger partial charge on any atom is -0.507 e. The van der Waals surface area contributed by atoms with Gasteiger partial charge in [0.25, 0.3) is 11.7 Å². The fourth-order valence-corrected chi connectivity index (χ4v) is 4.88. The zero-order valence-corrected chi connectivity index (χ0v) is 19.0. The Morgan fingerprint density at radius 1 is 1.30 bits per heavy atom. The molecule has 6 nitrogen and oxygen atoms in total. The van der Waals surface area contributed by atoms with E-state index in [0.717, 1.165) is 23.4 Å². The lowest BCUT2D eigenvalue weighted by Gasteiger charge is -2.25. The summed E-state index contributed by atoms with van der Waals surface area (Å²) < 4.78 is 5.16. The number of hydrogen-bond donors (Lipinski definition) is 1. The first-order valence-electron chi connectivity index (χ1n) is 9.57. The summed E-state index contributed by atoms with van der Waals surface area (Å²) >= 11 is 7.68. The first-order chi connectivity index (χ1) is 14.3. The predicted molar refractivity (Wildman–Crippen MR) is 119 cm³/mol. The van der Waals surface area contributed by atoms with Crippen LogP contribution in [0.25, 0.3) is 5.76 Å². The Morgan fingerprint density at radius 2 is 2.03 bits per heavy atom. The standard InChI is InChI=1S/C22H25ClN2O4S/c1-13-8-11-30-21(13)18-17(19(26)14-6-7-16(29-4)15(23)12-14)20(27)22(28)25(18)10-5-9-24(2)3/h6-8,11-12,18,26H,5,9-10H2,1-4H3/b19-17-. The lowest BCUT2D eigenvalue weighted by Crippen LogP contribution is -2.32. The highest BCUT2D eigenvalue weighted by atomic mass is 35.5. The highest BCUT2D eigenvalue weighted by molar-refractivity contribution is 7.10. The van der Waals surface area contributed by atoms with Crippen molar-refractivity contribution >= 4 is 40.4 Å². The molecular formula is C22H25ClN2O4S. The Balaban J connectivity index is 2.09. The monoisotopic (exact) mass is 448 g/mol. The Hall–Kier alpha value is -2.35. The maximum atomic E-state index is 13.0. The molecule has 1 N–H and O–H groups in total. The van der Waals surface area contributed by atoms with Crippen LogP contribution in [-0.4, -0.2) is 60.9 Å². The second-order valence-corrected chi connectivity index (χ2v) is 8.82. The number of likely N-dealkylation sites (tertiary alicyclic amines) is 1. The zero-order valence-electron chi connectivity index (χ0n) is 17.4. The zero-order chi connectivity index (χ0) is 22.0. The number of rotatable bonds is 7. The molecular weight excluding hydrogens is 424 g/mol. The van der Waals surface area contributed by atoms with Crippen LogP contribution in [0.4, 0.5) is 0 Å². The molecule has 1 aromatic heterocycles. The smallest absolute Gasteiger partial charge is 0.295 e. The SMILES string of the molecule is COc1ccc(/C(O)=C2/C(=O)C(=O)N(CCCN(C)C)C2c2sccc2C)cc1Cl. The van der Waals surface area contributed by atoms with Crippen LogP contribution in [0.15, 0.2) is 35.2 Å². The summed E-state index contributed by atoms with van der Waals surface area (Å²) in [6.45, 7) is 3.15. The normalized spacial score (nSPS) is 18.5. The minimum absolute atomic E-state index is 0.0941. The molecule has 0 saturated carbocycles. The van der Waals surface area contributed by atoms with Gasteiger partial charge in [-0.3, -0.25) is 9.59 Å². The van der Waals surface area contributed by atoms with Gasteiger partial charge in [-0.2, -0.15) is 0 Å². The molecule has 1 amide bonds. The van der Waals surface area contributed by atoms with Crippen molar-refractivity contribution in [3.8, 4) is 5.75 Å². The summed E-state index contributed by atoms with van der Waals surface area (Å²) in [7, 11) is 5.42. The highest BCUT2D eigenvalue weighted by Gasteiger charge is 2.46. The van der Waals surface area contributed by atoms with Crippen molar-refractivity contribution < 1.29 is 19.4 Å². The number of thiophene rings is 1. The number of Topliss-reactive ketones (excluding diaryl/α,β-unsaturated/α-hetero) is 1. The molecule has 1 saturated heterocycles. The number of halogens is 1. The molecule has 0 bridgehead atoms. The number of aliphatic hydroxyl groups is 1. The van der Waals surface area contributed by atoms with Crippen molar-refractivity contribution in [2.24, 2.45) is 0 Å². The number of hydrogen-bond acceptors (Lipinski definition) is 6. The van der Waals surface area contributed by atoms with Gasteiger partial charge in [-0.25, -0.2) is 0 Å². The van der Waals surface area contributed by atoms with E-state index in [-0.39, 0.29) is 11.3 Å². The molecule has 0 aliphatic carbocycles. The van der Waals surface area contributed by atoms with E-state index in [1.807, 2.05) is 37.4 Å². The molecule has 2 heterocycles. The second kappa shape index (κ2) is 9.20. The number of carbonyl (C=O) groups is 2. The van der Waals surface area contributed by atoms with Crippen LogP contribution in [0.1, 0.15) is 28.5 Å². The Kier molecular flexibility index (Phi) is 6.85. The van der Waals surface area contributed by atoms with Gasteiger partial charge in [-0.05, 0) is 69.2 Å². The lowest BCUT2D eigenvalue weighted by atomic mass is 9.98. The summed E-state index contributed by atoms with van der Waals surface area (Å²) in [5.74, 6) is -1.04. The summed E-state index contributed by atoms with van der Waals surface area (Å²) in [5, 5.41) is 13.3. The molecule has 0 radical (unpaired) electrons. The molecule has 1 aliphatic rings. The van der Waals surface area contributed by atoms with E-state index < -0.39 is 17.7 Å². The van der Waals surface area contributed by atoms with Crippen molar-refractivity contribution in [3.63, 3.8) is 0 Å². The lowest BCUT2D eigenvalue weighted by molar-refractivity contribution is -0.139. The van der Waals surface area contributed by atoms with Crippen molar-refractivity contribution in [1.29, 1.82) is 0 Å². The van der Waals surface area contributed by atoms with Crippen LogP contribution in [-0.2, 0) is 9.59 Å². The average molecular weight is 449 g/mol. The third kappa shape index (κ3) is 4.24. The van der Waals surface area contributed by atoms with E-state index in [9.17, 15) is 14.7 Å². The van der Waals surface area contributed by atoms with Crippen molar-refractivity contribution in [2.75, 3.05) is 34.3 Å². The van der Waals surface area contributed by atoms with Gasteiger partial charge in [0.15, 0.2) is 0 Å². The van der Waals surface area contributed by atoms with Gasteiger partial charge < -0.3 is 19.6 Å². The number of carbonyl (C=O) groups excluding carboxylic acids is 2. The third-order valence-electron chi connectivity index (χ3n) is 5.12. The van der Waals surface area contributed by atoms with Gasteiger partial charge in [0, 0.05) is 17.0 Å². The highest BCUT2D eigenvalue weighted by Crippen LogP contribution is 2.43. The molecule has 1 aliphatic heterocycles. The topological polar surface area (TPSA) is 70.1 Å². The number of amides is 1. The Bertz CT molecular complexity index is 999. The second-order valence-electron chi connectivity index (χ2n) is 7.47. The van der Waals surface area contributed by atoms with Gasteiger partial charge >= 0.3 is 0 Å². The maximum Gasteiger partial charge on any atom is 0.295 e. The van der Waals surface area contributed by atoms with E-state index >= 15 is 0 Å². The number of aliphatic hydroxyl groups excluding tert-OH is 1. The summed E-state index contributed by atoms with van der Waals surface area (Å²) in [6, 6.07) is 6.11. The number of ketones is 1. The van der Waals surface area contributed by atoms with E-state index in [1.165, 1.54) is 24.5 Å². The Labute approximate surface area is 185 Å². The number of benzene rings is 1. The van der Waals surface area contributed by atoms with E-state index in [2.05, 4.69) is 0 Å². The molecule has 1 atom stereocenters. The summed E-state index contributed by atoms with van der Waals surface area (Å²) in [5.41, 5.74) is 1.44. The molecule has 8 heteroatoms. The predicted octanol–water partition coefficient (Wildman–Crippen LogP) is 4.09. The molecule has 160 valence electrons. The van der Waals surface area contributed by atoms with Crippen LogP contribution < -0.4 is 4.74 Å². The van der Waals surface area contributed by atoms with Gasteiger partial charge in [0.2, 0.25) is 0 Å². The minimum atomic E-state index is -0.679. The van der Waals surface area contributed by atoms with E-state index in [0.29, 0.717) is 22.9 Å². The number of nitrogens with zero attached hydrogens (tertiary/aromatic N) is 2. The van der Waals surface area contributed by atoms with Crippen molar-refractivity contribution in [2.45, 2.75) is 19.4 Å². The van der Waals surface area contributed by atoms with Crippen LogP contribution >= 0.6 is 22.9 Å². The number of aryl methyl sites for hydroxylation is 1. The van der Waals surface area contributed by atoms with Gasteiger partial charge in [0.1, 0.15) is 11.5 Å². The summed E-state index contributed by atoms with van der Waals surface area (Å²) in [6.07, 6.45) is 0.718. The van der Waals surface area contributed by atoms with Gasteiger partial charge in [-0.1, -0.05) is 11.6 Å². The molecule has 30 heavy (non-hydrogen) atoms. The molecule has 2 aromatic rings. The van der Waals surface area contributed by atoms with Crippen LogP contribution in [0.3, 0.4) is 0 Å². The summed E-state index contributed by atoms with van der Waals surface area (Å²) in [4.78, 5) is 30.3.